The van der Waals surface area contributed by atoms with E-state index in [2.05, 4.69) is 31.2 Å². The second-order valence-corrected chi connectivity index (χ2v) is 5.17. The van der Waals surface area contributed by atoms with Crippen LogP contribution < -0.4 is 0 Å². The molecule has 1 unspecified atom stereocenters. The van der Waals surface area contributed by atoms with Crippen molar-refractivity contribution in [3.8, 4) is 0 Å². The van der Waals surface area contributed by atoms with Gasteiger partial charge in [0, 0.05) is 11.8 Å². The molecule has 1 heteroatoms. The third-order valence-electron chi connectivity index (χ3n) is 3.35. The lowest BCUT2D eigenvalue weighted by Gasteiger charge is -2.12. The van der Waals surface area contributed by atoms with Crippen LogP contribution in [0.15, 0.2) is 24.3 Å². The molecule has 1 aromatic carbocycles. The van der Waals surface area contributed by atoms with E-state index < -0.39 is 0 Å². The Balaban J connectivity index is 2.47. The van der Waals surface area contributed by atoms with E-state index in [1.54, 1.807) is 0 Å². The minimum atomic E-state index is 0.160. The van der Waals surface area contributed by atoms with Crippen molar-refractivity contribution in [2.24, 2.45) is 11.8 Å². The molecule has 0 aliphatic heterocycles. The van der Waals surface area contributed by atoms with E-state index in [0.29, 0.717) is 5.78 Å². The van der Waals surface area contributed by atoms with Crippen molar-refractivity contribution in [1.29, 1.82) is 0 Å². The Bertz CT molecular complexity index is 348. The van der Waals surface area contributed by atoms with Crippen LogP contribution in [0.25, 0.3) is 0 Å². The van der Waals surface area contributed by atoms with Crippen LogP contribution in [0, 0.1) is 11.8 Å². The first-order chi connectivity index (χ1) is 8.04. The van der Waals surface area contributed by atoms with Gasteiger partial charge in [-0.05, 0) is 30.4 Å². The van der Waals surface area contributed by atoms with Crippen molar-refractivity contribution in [3.63, 3.8) is 0 Å². The number of benzene rings is 1. The zero-order valence-electron chi connectivity index (χ0n) is 11.5. The van der Waals surface area contributed by atoms with Crippen molar-refractivity contribution in [2.75, 3.05) is 0 Å². The van der Waals surface area contributed by atoms with E-state index in [1.165, 1.54) is 11.1 Å². The number of carbonyl (C=O) groups excluding carboxylic acids is 1. The summed E-state index contributed by atoms with van der Waals surface area (Å²) in [6, 6.07) is 8.74. The highest BCUT2D eigenvalue weighted by Gasteiger charge is 2.15. The van der Waals surface area contributed by atoms with Gasteiger partial charge in [0.2, 0.25) is 0 Å². The maximum Gasteiger partial charge on any atom is 0.138 e. The number of Topliss-reactive ketones (excluding diaryl/α,β-unsaturated/α-hetero) is 1. The van der Waals surface area contributed by atoms with Crippen LogP contribution in [0.3, 0.4) is 0 Å². The van der Waals surface area contributed by atoms with Gasteiger partial charge in [0.25, 0.3) is 0 Å². The summed E-state index contributed by atoms with van der Waals surface area (Å²) in [5, 5.41) is 0. The molecule has 0 radical (unpaired) electrons. The molecular formula is C16H24O. The van der Waals surface area contributed by atoms with Gasteiger partial charge in [0.15, 0.2) is 0 Å². The van der Waals surface area contributed by atoms with E-state index in [-0.39, 0.29) is 11.8 Å². The Kier molecular flexibility index (Phi) is 5.40. The van der Waals surface area contributed by atoms with Gasteiger partial charge in [0.05, 0.1) is 0 Å². The number of aryl methyl sites for hydroxylation is 2. The minimum Gasteiger partial charge on any atom is -0.299 e. The maximum atomic E-state index is 11.8. The quantitative estimate of drug-likeness (QED) is 0.723. The Morgan fingerprint density at radius 1 is 1.06 bits per heavy atom. The third kappa shape index (κ3) is 4.33. The number of carbonyl (C=O) groups is 1. The molecule has 0 saturated carbocycles. The van der Waals surface area contributed by atoms with E-state index >= 15 is 0 Å². The first kappa shape index (κ1) is 14.0. The molecule has 0 amide bonds. The number of hydrogen-bond donors (Lipinski definition) is 0. The van der Waals surface area contributed by atoms with Crippen molar-refractivity contribution in [3.05, 3.63) is 35.4 Å². The van der Waals surface area contributed by atoms with Gasteiger partial charge in [0.1, 0.15) is 5.78 Å². The fraction of sp³-hybridized carbons (Fsp3) is 0.562. The van der Waals surface area contributed by atoms with Gasteiger partial charge in [-0.15, -0.1) is 0 Å². The van der Waals surface area contributed by atoms with E-state index in [1.807, 2.05) is 20.8 Å². The van der Waals surface area contributed by atoms with Crippen LogP contribution in [-0.2, 0) is 17.6 Å². The van der Waals surface area contributed by atoms with E-state index in [0.717, 1.165) is 19.3 Å². The number of ketones is 1. The molecule has 1 aromatic rings. The maximum absolute atomic E-state index is 11.8. The Morgan fingerprint density at radius 3 is 2.06 bits per heavy atom. The molecule has 0 bridgehead atoms. The van der Waals surface area contributed by atoms with Crippen LogP contribution in [0.4, 0.5) is 0 Å². The van der Waals surface area contributed by atoms with Gasteiger partial charge in [-0.3, -0.25) is 4.79 Å². The van der Waals surface area contributed by atoms with Crippen LogP contribution in [0.1, 0.15) is 45.2 Å². The largest absolute Gasteiger partial charge is 0.299 e. The van der Waals surface area contributed by atoms with Gasteiger partial charge < -0.3 is 0 Å². The molecule has 0 spiro atoms. The molecule has 0 heterocycles. The monoisotopic (exact) mass is 232 g/mol. The third-order valence-corrected chi connectivity index (χ3v) is 3.35. The number of hydrogen-bond acceptors (Lipinski definition) is 1. The summed E-state index contributed by atoms with van der Waals surface area (Å²) in [4.78, 5) is 11.8. The van der Waals surface area contributed by atoms with E-state index in [9.17, 15) is 4.79 Å². The molecule has 0 saturated heterocycles. The molecule has 0 fully saturated rings. The lowest BCUT2D eigenvalue weighted by Crippen LogP contribution is -2.17. The molecule has 1 rings (SSSR count). The second kappa shape index (κ2) is 6.58. The molecular weight excluding hydrogens is 208 g/mol. The first-order valence-corrected chi connectivity index (χ1v) is 6.66. The zero-order chi connectivity index (χ0) is 12.8. The highest BCUT2D eigenvalue weighted by Crippen LogP contribution is 2.15. The number of rotatable bonds is 6. The Morgan fingerprint density at radius 2 is 1.59 bits per heavy atom. The minimum absolute atomic E-state index is 0.160. The van der Waals surface area contributed by atoms with Gasteiger partial charge >= 0.3 is 0 Å². The smallest absolute Gasteiger partial charge is 0.138 e. The molecule has 1 atom stereocenters. The lowest BCUT2D eigenvalue weighted by molar-refractivity contribution is -0.125. The molecule has 0 aliphatic carbocycles. The predicted octanol–water partition coefficient (Wildman–Crippen LogP) is 4.04. The summed E-state index contributed by atoms with van der Waals surface area (Å²) in [6.45, 7) is 8.17. The SMILES string of the molecule is CCc1ccc(CCC(C)C(=O)C(C)C)cc1. The molecule has 1 nitrogen and oxygen atoms in total. The standard InChI is InChI=1S/C16H24O/c1-5-14-8-10-15(11-9-14)7-6-13(4)16(17)12(2)3/h8-13H,5-7H2,1-4H3. The summed E-state index contributed by atoms with van der Waals surface area (Å²) in [5.41, 5.74) is 2.71. The summed E-state index contributed by atoms with van der Waals surface area (Å²) >= 11 is 0. The normalized spacial score (nSPS) is 12.8. The van der Waals surface area contributed by atoms with Gasteiger partial charge in [-0.1, -0.05) is 52.0 Å². The van der Waals surface area contributed by atoms with Crippen LogP contribution >= 0.6 is 0 Å². The van der Waals surface area contributed by atoms with Crippen molar-refractivity contribution in [1.82, 2.24) is 0 Å². The summed E-state index contributed by atoms with van der Waals surface area (Å²) in [7, 11) is 0. The van der Waals surface area contributed by atoms with Crippen molar-refractivity contribution < 1.29 is 4.79 Å². The van der Waals surface area contributed by atoms with Gasteiger partial charge in [-0.2, -0.15) is 0 Å². The van der Waals surface area contributed by atoms with Crippen LogP contribution in [0.2, 0.25) is 0 Å². The van der Waals surface area contributed by atoms with Gasteiger partial charge in [-0.25, -0.2) is 0 Å². The first-order valence-electron chi connectivity index (χ1n) is 6.66. The molecule has 0 aromatic heterocycles. The molecule has 0 N–H and O–H groups in total. The predicted molar refractivity (Wildman–Crippen MR) is 73.2 cm³/mol. The van der Waals surface area contributed by atoms with Crippen molar-refractivity contribution in [2.45, 2.75) is 47.0 Å². The van der Waals surface area contributed by atoms with Crippen LogP contribution in [-0.4, -0.2) is 5.78 Å². The topological polar surface area (TPSA) is 17.1 Å². The Labute approximate surface area is 105 Å². The molecule has 0 aliphatic rings. The summed E-state index contributed by atoms with van der Waals surface area (Å²) in [6.07, 6.45) is 3.05. The van der Waals surface area contributed by atoms with E-state index in [4.69, 9.17) is 0 Å². The molecule has 94 valence electrons. The average Bonchev–Trinajstić information content (AvgIpc) is 2.35. The van der Waals surface area contributed by atoms with Crippen molar-refractivity contribution >= 4 is 5.78 Å². The molecule has 17 heavy (non-hydrogen) atoms. The second-order valence-electron chi connectivity index (χ2n) is 5.17. The summed E-state index contributed by atoms with van der Waals surface area (Å²) < 4.78 is 0. The fourth-order valence-electron chi connectivity index (χ4n) is 2.04. The average molecular weight is 232 g/mol. The highest BCUT2D eigenvalue weighted by atomic mass is 16.1. The highest BCUT2D eigenvalue weighted by molar-refractivity contribution is 5.82. The lowest BCUT2D eigenvalue weighted by atomic mass is 9.91. The Hall–Kier alpha value is -1.11. The fourth-order valence-corrected chi connectivity index (χ4v) is 2.04. The zero-order valence-corrected chi connectivity index (χ0v) is 11.5. The van der Waals surface area contributed by atoms with Crippen LogP contribution in [0.5, 0.6) is 0 Å². The summed E-state index contributed by atoms with van der Waals surface area (Å²) in [5.74, 6) is 0.725.